The largest absolute Gasteiger partial charge is 0.306 e. The van der Waals surface area contributed by atoms with E-state index in [1.807, 2.05) is 61.5 Å². The summed E-state index contributed by atoms with van der Waals surface area (Å²) in [7, 11) is -4.09. The zero-order valence-corrected chi connectivity index (χ0v) is 23.6. The highest BCUT2D eigenvalue weighted by atomic mass is 32.2. The van der Waals surface area contributed by atoms with Gasteiger partial charge >= 0.3 is 0 Å². The van der Waals surface area contributed by atoms with Crippen molar-refractivity contribution >= 4 is 21.6 Å². The number of amides is 1. The van der Waals surface area contributed by atoms with Crippen LogP contribution in [0.15, 0.2) is 95.9 Å². The van der Waals surface area contributed by atoms with Gasteiger partial charge in [0.2, 0.25) is 15.9 Å². The van der Waals surface area contributed by atoms with Crippen molar-refractivity contribution in [3.8, 4) is 0 Å². The molecule has 1 fully saturated rings. The first-order chi connectivity index (χ1) is 19.8. The lowest BCUT2D eigenvalue weighted by Gasteiger charge is -2.29. The van der Waals surface area contributed by atoms with Gasteiger partial charge in [0, 0.05) is 23.3 Å². The molecule has 6 nitrogen and oxygen atoms in total. The monoisotopic (exact) mass is 569 g/mol. The Kier molecular flexibility index (Phi) is 7.45. The van der Waals surface area contributed by atoms with Crippen LogP contribution in [0, 0.1) is 18.7 Å². The Morgan fingerprint density at radius 3 is 2.56 bits per heavy atom. The molecular formula is C33H32FN3O3S. The van der Waals surface area contributed by atoms with E-state index in [9.17, 15) is 17.6 Å². The Hall–Kier alpha value is -3.88. The van der Waals surface area contributed by atoms with Gasteiger partial charge in [0.15, 0.2) is 0 Å². The molecule has 0 spiro atoms. The molecule has 2 aliphatic rings. The minimum absolute atomic E-state index is 0.0291. The predicted molar refractivity (Wildman–Crippen MR) is 156 cm³/mol. The van der Waals surface area contributed by atoms with Gasteiger partial charge in [-0.15, -0.1) is 0 Å². The molecule has 0 saturated heterocycles. The summed E-state index contributed by atoms with van der Waals surface area (Å²) in [6.07, 6.45) is 2.97. The summed E-state index contributed by atoms with van der Waals surface area (Å²) in [6.45, 7) is 2.23. The number of fused-ring (bicyclic) bond motifs is 1. The fraction of sp³-hybridized carbons (Fsp3) is 0.273. The van der Waals surface area contributed by atoms with E-state index in [1.54, 1.807) is 4.90 Å². The van der Waals surface area contributed by atoms with Crippen molar-refractivity contribution < 1.29 is 17.6 Å². The lowest BCUT2D eigenvalue weighted by atomic mass is 9.87. The second kappa shape index (κ2) is 11.2. The van der Waals surface area contributed by atoms with Crippen molar-refractivity contribution in [2.24, 2.45) is 5.92 Å². The molecule has 0 unspecified atom stereocenters. The zero-order valence-electron chi connectivity index (χ0n) is 22.8. The molecule has 1 heterocycles. The average molecular weight is 570 g/mol. The van der Waals surface area contributed by atoms with E-state index in [1.165, 1.54) is 18.2 Å². The third-order valence-corrected chi connectivity index (χ3v) is 9.55. The summed E-state index contributed by atoms with van der Waals surface area (Å²) in [4.78, 5) is 20.1. The molecule has 0 aliphatic heterocycles. The Morgan fingerprint density at radius 2 is 1.78 bits per heavy atom. The fourth-order valence-electron chi connectivity index (χ4n) is 5.87. The minimum atomic E-state index is -4.09. The third-order valence-electron chi connectivity index (χ3n) is 8.05. The first-order valence-corrected chi connectivity index (χ1v) is 15.5. The van der Waals surface area contributed by atoms with Crippen molar-refractivity contribution in [1.82, 2.24) is 9.71 Å². The van der Waals surface area contributed by atoms with Crippen LogP contribution in [0.1, 0.15) is 59.3 Å². The van der Waals surface area contributed by atoms with Crippen LogP contribution in [-0.2, 0) is 27.8 Å². The topological polar surface area (TPSA) is 79.4 Å². The summed E-state index contributed by atoms with van der Waals surface area (Å²) in [5.41, 5.74) is 5.36. The molecule has 1 amide bonds. The van der Waals surface area contributed by atoms with Gasteiger partial charge < -0.3 is 4.90 Å². The first kappa shape index (κ1) is 27.3. The number of carbonyl (C=O) groups excluding carboxylic acids is 1. The van der Waals surface area contributed by atoms with E-state index in [0.29, 0.717) is 18.7 Å². The highest BCUT2D eigenvalue weighted by molar-refractivity contribution is 7.89. The van der Waals surface area contributed by atoms with E-state index in [0.717, 1.165) is 53.4 Å². The number of anilines is 1. The van der Waals surface area contributed by atoms with Crippen molar-refractivity contribution in [2.75, 3.05) is 4.90 Å². The number of aryl methyl sites for hydroxylation is 2. The smallest absolute Gasteiger partial charge is 0.244 e. The van der Waals surface area contributed by atoms with Crippen molar-refractivity contribution in [2.45, 2.75) is 56.0 Å². The number of nitrogens with one attached hydrogen (secondary N) is 1. The number of sulfonamides is 1. The quantitative estimate of drug-likeness (QED) is 0.273. The molecular weight excluding hydrogens is 537 g/mol. The summed E-state index contributed by atoms with van der Waals surface area (Å²) in [5.74, 6) is -0.714. The maximum Gasteiger partial charge on any atom is 0.244 e. The van der Waals surface area contributed by atoms with Gasteiger partial charge in [-0.2, -0.15) is 0 Å². The highest BCUT2D eigenvalue weighted by Gasteiger charge is 2.46. The van der Waals surface area contributed by atoms with E-state index >= 15 is 0 Å². The minimum Gasteiger partial charge on any atom is -0.306 e. The molecule has 210 valence electrons. The summed E-state index contributed by atoms with van der Waals surface area (Å²) >= 11 is 0. The Bertz CT molecular complexity index is 1690. The normalized spacial score (nSPS) is 19.8. The van der Waals surface area contributed by atoms with Crippen LogP contribution in [0.25, 0.3) is 0 Å². The number of rotatable bonds is 8. The standard InChI is InChI=1S/C33H32FN3O3S/c1-22-9-7-13-25(35-22)21-37(33(38)29-20-27(29)23-10-3-2-4-11-23)26-18-17-24-12-8-15-31(28(24)19-26)36-41(39,40)32-16-6-5-14-30(32)34/h2-7,9-11,13-14,16-19,27,29,31,36H,8,12,15,20-21H2,1H3/t27-,29+,31-/m0/s1. The maximum atomic E-state index is 14.4. The van der Waals surface area contributed by atoms with Crippen LogP contribution in [0.5, 0.6) is 0 Å². The van der Waals surface area contributed by atoms with Crippen LogP contribution in [-0.4, -0.2) is 19.3 Å². The molecule has 1 saturated carbocycles. The Labute approximate surface area is 240 Å². The molecule has 0 radical (unpaired) electrons. The van der Waals surface area contributed by atoms with Gasteiger partial charge in [-0.25, -0.2) is 17.5 Å². The van der Waals surface area contributed by atoms with Gasteiger partial charge in [-0.1, -0.05) is 54.6 Å². The average Bonchev–Trinajstić information content (AvgIpc) is 3.77. The number of carbonyl (C=O) groups is 1. The summed E-state index contributed by atoms with van der Waals surface area (Å²) in [5, 5.41) is 0. The number of halogens is 1. The summed E-state index contributed by atoms with van der Waals surface area (Å²) < 4.78 is 43.5. The van der Waals surface area contributed by atoms with E-state index in [2.05, 4.69) is 21.8 Å². The molecule has 6 rings (SSSR count). The molecule has 3 atom stereocenters. The molecule has 41 heavy (non-hydrogen) atoms. The Balaban J connectivity index is 1.33. The number of nitrogens with zero attached hydrogens (tertiary/aromatic N) is 2. The number of hydrogen-bond acceptors (Lipinski definition) is 4. The van der Waals surface area contributed by atoms with Gasteiger partial charge in [0.1, 0.15) is 10.7 Å². The molecule has 4 aromatic rings. The van der Waals surface area contributed by atoms with Crippen LogP contribution in [0.3, 0.4) is 0 Å². The Morgan fingerprint density at radius 1 is 1.00 bits per heavy atom. The van der Waals surface area contributed by atoms with Gasteiger partial charge in [-0.05, 0) is 91.6 Å². The SMILES string of the molecule is Cc1cccc(CN(C(=O)[C@@H]2C[C@H]2c2ccccc2)c2ccc3c(c2)[C@@H](NS(=O)(=O)c2ccccc2F)CCC3)n1. The molecule has 3 aromatic carbocycles. The van der Waals surface area contributed by atoms with Gasteiger partial charge in [0.05, 0.1) is 12.2 Å². The van der Waals surface area contributed by atoms with Crippen LogP contribution >= 0.6 is 0 Å². The number of benzene rings is 3. The molecule has 1 aromatic heterocycles. The zero-order chi connectivity index (χ0) is 28.6. The highest BCUT2D eigenvalue weighted by Crippen LogP contribution is 2.49. The fourth-order valence-corrected chi connectivity index (χ4v) is 7.20. The van der Waals surface area contributed by atoms with Crippen molar-refractivity contribution in [1.29, 1.82) is 0 Å². The van der Waals surface area contributed by atoms with Gasteiger partial charge in [0.25, 0.3) is 0 Å². The van der Waals surface area contributed by atoms with E-state index < -0.39 is 21.9 Å². The predicted octanol–water partition coefficient (Wildman–Crippen LogP) is 6.22. The van der Waals surface area contributed by atoms with Crippen molar-refractivity contribution in [3.05, 3.63) is 125 Å². The second-order valence-electron chi connectivity index (χ2n) is 10.9. The number of hydrogen-bond donors (Lipinski definition) is 1. The van der Waals surface area contributed by atoms with Crippen molar-refractivity contribution in [3.63, 3.8) is 0 Å². The lowest BCUT2D eigenvalue weighted by molar-refractivity contribution is -0.120. The maximum absolute atomic E-state index is 14.4. The van der Waals surface area contributed by atoms with Crippen LogP contribution in [0.2, 0.25) is 0 Å². The van der Waals surface area contributed by atoms with Crippen LogP contribution in [0.4, 0.5) is 10.1 Å². The summed E-state index contributed by atoms with van der Waals surface area (Å²) in [6, 6.07) is 26.6. The second-order valence-corrected chi connectivity index (χ2v) is 12.6. The van der Waals surface area contributed by atoms with E-state index in [-0.39, 0.29) is 22.6 Å². The lowest BCUT2D eigenvalue weighted by Crippen LogP contribution is -2.34. The van der Waals surface area contributed by atoms with Crippen LogP contribution < -0.4 is 9.62 Å². The first-order valence-electron chi connectivity index (χ1n) is 14.0. The number of pyridine rings is 1. The third kappa shape index (κ3) is 5.80. The molecule has 1 N–H and O–H groups in total. The van der Waals surface area contributed by atoms with E-state index in [4.69, 9.17) is 0 Å². The van der Waals surface area contributed by atoms with Gasteiger partial charge in [-0.3, -0.25) is 9.78 Å². The molecule has 8 heteroatoms. The molecule has 0 bridgehead atoms. The molecule has 2 aliphatic carbocycles. The number of aromatic nitrogens is 1.